The van der Waals surface area contributed by atoms with E-state index in [1.165, 1.54) is 44.7 Å². The van der Waals surface area contributed by atoms with Gasteiger partial charge in [-0.05, 0) is 0 Å². The Balaban J connectivity index is 3.75. The van der Waals surface area contributed by atoms with Crippen LogP contribution in [0.15, 0.2) is 17.5 Å². The first kappa shape index (κ1) is 29.9. The normalized spacial score (nSPS) is 16.0. The van der Waals surface area contributed by atoms with Crippen LogP contribution in [-0.4, -0.2) is 41.2 Å². The Morgan fingerprint density at radius 3 is 1.53 bits per heavy atom. The zero-order valence-electron chi connectivity index (χ0n) is 23.4. The molecule has 0 unspecified atom stereocenters. The molecule has 1 heterocycles. The molecule has 0 saturated heterocycles. The van der Waals surface area contributed by atoms with Crippen molar-refractivity contribution in [3.8, 4) is 22.9 Å². The van der Waals surface area contributed by atoms with Gasteiger partial charge in [0, 0.05) is 0 Å². The average molecular weight is 573 g/mol. The van der Waals surface area contributed by atoms with Crippen molar-refractivity contribution in [3.63, 3.8) is 0 Å². The summed E-state index contributed by atoms with van der Waals surface area (Å²) < 4.78 is 3.89. The van der Waals surface area contributed by atoms with E-state index in [1.54, 1.807) is 5.57 Å². The van der Waals surface area contributed by atoms with Crippen LogP contribution in [-0.2, 0) is 0 Å². The van der Waals surface area contributed by atoms with Gasteiger partial charge in [0.05, 0.1) is 0 Å². The molecule has 0 aromatic rings. The molecule has 0 bridgehead atoms. The van der Waals surface area contributed by atoms with E-state index in [9.17, 15) is 0 Å². The molecule has 1 aliphatic rings. The van der Waals surface area contributed by atoms with E-state index in [1.807, 2.05) is 11.9 Å². The fraction of sp³-hybridized carbons (Fsp3) is 0.714. The molecule has 0 aliphatic carbocycles. The second kappa shape index (κ2) is 13.1. The molecule has 0 N–H and O–H groups in total. The summed E-state index contributed by atoms with van der Waals surface area (Å²) in [6.07, 6.45) is 10.8. The topological polar surface area (TPSA) is 0 Å². The second-order valence-electron chi connectivity index (χ2n) is 11.2. The Bertz CT molecular complexity index is 821. The van der Waals surface area contributed by atoms with Crippen molar-refractivity contribution < 1.29 is 0 Å². The molecule has 32 heavy (non-hydrogen) atoms. The Morgan fingerprint density at radius 1 is 0.719 bits per heavy atom. The summed E-state index contributed by atoms with van der Waals surface area (Å²) in [6, 6.07) is 0. The van der Waals surface area contributed by atoms with Gasteiger partial charge >= 0.3 is 210 Å². The van der Waals surface area contributed by atoms with Crippen molar-refractivity contribution in [2.75, 3.05) is 0 Å². The van der Waals surface area contributed by atoms with Gasteiger partial charge in [-0.25, -0.2) is 0 Å². The maximum atomic E-state index is 3.94. The molecule has 0 aromatic heterocycles. The van der Waals surface area contributed by atoms with Crippen molar-refractivity contribution in [2.45, 2.75) is 128 Å². The number of rotatable bonds is 10. The third-order valence-corrected chi connectivity index (χ3v) is 39.8. The van der Waals surface area contributed by atoms with Crippen LogP contribution in [0.3, 0.4) is 0 Å². The van der Waals surface area contributed by atoms with Crippen LogP contribution in [0.1, 0.15) is 79.6 Å². The molecule has 1 rings (SSSR count). The summed E-state index contributed by atoms with van der Waals surface area (Å²) in [6.45, 7) is 22.7. The predicted octanol–water partition coefficient (Wildman–Crippen LogP) is 8.82. The van der Waals surface area contributed by atoms with Crippen LogP contribution < -0.4 is 0 Å². The van der Waals surface area contributed by atoms with E-state index in [4.69, 9.17) is 0 Å². The van der Waals surface area contributed by atoms with E-state index >= 15 is 0 Å². The van der Waals surface area contributed by atoms with E-state index in [2.05, 4.69) is 93.6 Å². The van der Waals surface area contributed by atoms with Crippen molar-refractivity contribution in [2.24, 2.45) is 0 Å². The molecule has 0 atom stereocenters. The van der Waals surface area contributed by atoms with Crippen molar-refractivity contribution in [1.29, 1.82) is 0 Å². The van der Waals surface area contributed by atoms with Crippen molar-refractivity contribution >= 4 is 41.2 Å². The van der Waals surface area contributed by atoms with E-state index in [-0.39, 0.29) is 0 Å². The third-order valence-electron chi connectivity index (χ3n) is 7.26. The Morgan fingerprint density at radius 2 is 1.16 bits per heavy atom. The first-order chi connectivity index (χ1) is 15.0. The first-order valence-corrected chi connectivity index (χ1v) is 28.0. The molecule has 0 saturated carbocycles. The van der Waals surface area contributed by atoms with Crippen LogP contribution in [0.2, 0.25) is 48.7 Å². The zero-order valence-corrected chi connectivity index (χ0v) is 28.3. The molecule has 0 fully saturated rings. The second-order valence-corrected chi connectivity index (χ2v) is 34.2. The van der Waals surface area contributed by atoms with Gasteiger partial charge in [0.1, 0.15) is 0 Å². The molecular weight excluding hydrogens is 522 g/mol. The van der Waals surface area contributed by atoms with Gasteiger partial charge < -0.3 is 0 Å². The molecule has 0 radical (unpaired) electrons. The monoisotopic (exact) mass is 574 g/mol. The van der Waals surface area contributed by atoms with E-state index in [0.717, 1.165) is 12.8 Å². The van der Waals surface area contributed by atoms with Crippen LogP contribution >= 0.6 is 0 Å². The van der Waals surface area contributed by atoms with Gasteiger partial charge in [-0.2, -0.15) is 0 Å². The van der Waals surface area contributed by atoms with Crippen molar-refractivity contribution in [3.05, 3.63) is 17.5 Å². The predicted molar refractivity (Wildman–Crippen MR) is 158 cm³/mol. The average Bonchev–Trinajstić information content (AvgIpc) is 2.97. The summed E-state index contributed by atoms with van der Waals surface area (Å²) in [4.78, 5) is 5.46. The quantitative estimate of drug-likeness (QED) is 0.139. The van der Waals surface area contributed by atoms with Crippen LogP contribution in [0.5, 0.6) is 0 Å². The summed E-state index contributed by atoms with van der Waals surface area (Å²) in [5.74, 6) is 7.28. The van der Waals surface area contributed by atoms with E-state index < -0.39 is 34.5 Å². The Kier molecular flexibility index (Phi) is 12.3. The van der Waals surface area contributed by atoms with Crippen LogP contribution in [0, 0.1) is 22.9 Å². The minimum absolute atomic E-state index is 0.704. The standard InChI is InChI=1S/C26H45BSi2.2CH3.Sn/c1-10-15-17-19-21-28(6,7)23-25(12-3)26(27(13-4)14-5)24-29(8,9)22-20-18-16-11-2;;;/h10-18H2,1-9H3;2*1H3;. The minimum atomic E-state index is -2.73. The summed E-state index contributed by atoms with van der Waals surface area (Å²) in [5, 5.41) is 0. The first-order valence-electron chi connectivity index (χ1n) is 13.5. The van der Waals surface area contributed by atoms with Crippen LogP contribution in [0.4, 0.5) is 0 Å². The summed E-state index contributed by atoms with van der Waals surface area (Å²) in [5.41, 5.74) is 11.4. The SMILES string of the molecule is CCCCC#C[Si](C)(C)[C]1=C(CC)C(B(CC)CC)=[C]([Si](C)(C)C#CCCCC)[Sn]1([CH3])[CH3]. The molecule has 0 aromatic carbocycles. The summed E-state index contributed by atoms with van der Waals surface area (Å²) >= 11 is -2.73. The van der Waals surface area contributed by atoms with Gasteiger partial charge in [-0.3, -0.25) is 0 Å². The summed E-state index contributed by atoms with van der Waals surface area (Å²) in [7, 11) is -3.57. The molecule has 0 amide bonds. The Labute approximate surface area is 208 Å². The van der Waals surface area contributed by atoms with Gasteiger partial charge in [-0.1, -0.05) is 0 Å². The fourth-order valence-corrected chi connectivity index (χ4v) is 49.8. The molecule has 0 spiro atoms. The van der Waals surface area contributed by atoms with Gasteiger partial charge in [-0.15, -0.1) is 0 Å². The van der Waals surface area contributed by atoms with Gasteiger partial charge in [0.25, 0.3) is 0 Å². The maximum absolute atomic E-state index is 3.94. The number of hydrogen-bond donors (Lipinski definition) is 0. The fourth-order valence-electron chi connectivity index (χ4n) is 6.14. The molecule has 0 nitrogen and oxygen atoms in total. The molecule has 4 heteroatoms. The molecule has 178 valence electrons. The molecule has 1 aliphatic heterocycles. The number of allylic oxidation sites excluding steroid dienone is 2. The van der Waals surface area contributed by atoms with Gasteiger partial charge in [0.2, 0.25) is 0 Å². The Hall–Kier alpha value is -0.103. The van der Waals surface area contributed by atoms with Crippen molar-refractivity contribution in [1.82, 2.24) is 0 Å². The van der Waals surface area contributed by atoms with Crippen LogP contribution in [0.25, 0.3) is 0 Å². The number of unbranched alkanes of at least 4 members (excludes halogenated alkanes) is 4. The molecular formula is C28H51BSi2Sn. The number of hydrogen-bond acceptors (Lipinski definition) is 0. The van der Waals surface area contributed by atoms with Gasteiger partial charge in [0.15, 0.2) is 0 Å². The zero-order chi connectivity index (χ0) is 24.6. The third kappa shape index (κ3) is 6.96. The van der Waals surface area contributed by atoms with E-state index in [0.29, 0.717) is 6.71 Å².